The molecule has 1 saturated heterocycles. The second-order valence-corrected chi connectivity index (χ2v) is 6.60. The summed E-state index contributed by atoms with van der Waals surface area (Å²) in [6, 6.07) is 2.60. The summed E-state index contributed by atoms with van der Waals surface area (Å²) in [5, 5.41) is 6.20. The van der Waals surface area contributed by atoms with Gasteiger partial charge in [-0.25, -0.2) is 14.2 Å². The van der Waals surface area contributed by atoms with Crippen molar-refractivity contribution in [2.24, 2.45) is 4.99 Å². The Morgan fingerprint density at radius 1 is 1.27 bits per heavy atom. The van der Waals surface area contributed by atoms with Crippen LogP contribution in [0.3, 0.4) is 0 Å². The third-order valence-electron chi connectivity index (χ3n) is 4.49. The van der Waals surface area contributed by atoms with Crippen molar-refractivity contribution < 1.29 is 27.1 Å². The lowest BCUT2D eigenvalue weighted by Gasteiger charge is -2.32. The molecule has 0 atom stereocenters. The van der Waals surface area contributed by atoms with Crippen molar-refractivity contribution in [1.82, 2.24) is 15.5 Å². The number of amides is 1. The number of piperidine rings is 1. The Morgan fingerprint density at radius 3 is 2.50 bits per heavy atom. The molecular weight excluding hydrogens is 519 g/mol. The summed E-state index contributed by atoms with van der Waals surface area (Å²) < 4.78 is 57.7. The molecule has 0 saturated carbocycles. The maximum absolute atomic E-state index is 13.2. The molecule has 30 heavy (non-hydrogen) atoms. The SMILES string of the molecule is CCNC(=NCc1ccc(F)cc1C(F)(F)F)NC1CCN(C(=O)OCC)CC1.I. The number of ether oxygens (including phenoxy) is 1. The van der Waals surface area contributed by atoms with E-state index in [0.717, 1.165) is 12.1 Å². The van der Waals surface area contributed by atoms with Crippen molar-refractivity contribution in [1.29, 1.82) is 0 Å². The van der Waals surface area contributed by atoms with E-state index in [0.29, 0.717) is 51.1 Å². The third kappa shape index (κ3) is 7.80. The van der Waals surface area contributed by atoms with E-state index in [1.165, 1.54) is 0 Å². The number of likely N-dealkylation sites (tertiary alicyclic amines) is 1. The Balaban J connectivity index is 0.00000450. The molecule has 1 fully saturated rings. The van der Waals surface area contributed by atoms with Crippen LogP contribution in [0.1, 0.15) is 37.8 Å². The summed E-state index contributed by atoms with van der Waals surface area (Å²) in [5.41, 5.74) is -1.13. The van der Waals surface area contributed by atoms with Gasteiger partial charge >= 0.3 is 12.3 Å². The van der Waals surface area contributed by atoms with Gasteiger partial charge < -0.3 is 20.3 Å². The van der Waals surface area contributed by atoms with Crippen LogP contribution in [0.5, 0.6) is 0 Å². The first-order valence-electron chi connectivity index (χ1n) is 9.56. The van der Waals surface area contributed by atoms with Gasteiger partial charge in [0.15, 0.2) is 5.96 Å². The number of rotatable bonds is 5. The van der Waals surface area contributed by atoms with Gasteiger partial charge in [0.25, 0.3) is 0 Å². The van der Waals surface area contributed by atoms with E-state index in [1.54, 1.807) is 11.8 Å². The number of hydrogen-bond donors (Lipinski definition) is 2. The fourth-order valence-corrected chi connectivity index (χ4v) is 3.05. The second-order valence-electron chi connectivity index (χ2n) is 6.60. The molecule has 6 nitrogen and oxygen atoms in total. The summed E-state index contributed by atoms with van der Waals surface area (Å²) in [6.45, 7) is 5.24. The Hall–Kier alpha value is -1.79. The van der Waals surface area contributed by atoms with Gasteiger partial charge in [0.05, 0.1) is 18.7 Å². The number of nitrogens with zero attached hydrogens (tertiary/aromatic N) is 2. The quantitative estimate of drug-likeness (QED) is 0.252. The second kappa shape index (κ2) is 12.2. The van der Waals surface area contributed by atoms with Crippen LogP contribution in [0.4, 0.5) is 22.4 Å². The van der Waals surface area contributed by atoms with Crippen LogP contribution in [-0.2, 0) is 17.5 Å². The molecular formula is C19H27F4IN4O2. The number of nitrogens with one attached hydrogen (secondary N) is 2. The number of benzene rings is 1. The molecule has 170 valence electrons. The number of carbonyl (C=O) groups is 1. The predicted octanol–water partition coefficient (Wildman–Crippen LogP) is 4.14. The number of alkyl halides is 3. The van der Waals surface area contributed by atoms with Gasteiger partial charge in [0.2, 0.25) is 0 Å². The zero-order chi connectivity index (χ0) is 21.4. The Bertz CT molecular complexity index is 723. The monoisotopic (exact) mass is 546 g/mol. The van der Waals surface area contributed by atoms with E-state index in [-0.39, 0.29) is 48.2 Å². The van der Waals surface area contributed by atoms with E-state index >= 15 is 0 Å². The molecule has 1 aromatic carbocycles. The third-order valence-corrected chi connectivity index (χ3v) is 4.49. The predicted molar refractivity (Wildman–Crippen MR) is 116 cm³/mol. The molecule has 0 bridgehead atoms. The highest BCUT2D eigenvalue weighted by Gasteiger charge is 2.33. The minimum Gasteiger partial charge on any atom is -0.450 e. The topological polar surface area (TPSA) is 66.0 Å². The lowest BCUT2D eigenvalue weighted by molar-refractivity contribution is -0.138. The van der Waals surface area contributed by atoms with Gasteiger partial charge in [-0.15, -0.1) is 24.0 Å². The van der Waals surface area contributed by atoms with Gasteiger partial charge in [0, 0.05) is 25.7 Å². The molecule has 1 heterocycles. The van der Waals surface area contributed by atoms with Crippen molar-refractivity contribution in [3.8, 4) is 0 Å². The van der Waals surface area contributed by atoms with Crippen LogP contribution in [0, 0.1) is 5.82 Å². The van der Waals surface area contributed by atoms with Crippen LogP contribution in [0.2, 0.25) is 0 Å². The number of halogens is 5. The average Bonchev–Trinajstić information content (AvgIpc) is 2.67. The van der Waals surface area contributed by atoms with Crippen molar-refractivity contribution in [3.05, 3.63) is 35.1 Å². The average molecular weight is 546 g/mol. The molecule has 1 amide bonds. The molecule has 0 radical (unpaired) electrons. The first kappa shape index (κ1) is 26.2. The van der Waals surface area contributed by atoms with Gasteiger partial charge in [-0.1, -0.05) is 6.07 Å². The highest BCUT2D eigenvalue weighted by Crippen LogP contribution is 2.32. The van der Waals surface area contributed by atoms with Crippen LogP contribution >= 0.6 is 24.0 Å². The van der Waals surface area contributed by atoms with Crippen molar-refractivity contribution >= 4 is 36.0 Å². The number of aliphatic imine (C=N–C) groups is 1. The van der Waals surface area contributed by atoms with E-state index in [2.05, 4.69) is 15.6 Å². The Labute approximate surface area is 190 Å². The molecule has 0 aliphatic carbocycles. The summed E-state index contributed by atoms with van der Waals surface area (Å²) in [4.78, 5) is 17.6. The first-order chi connectivity index (χ1) is 13.7. The van der Waals surface area contributed by atoms with Gasteiger partial charge in [-0.05, 0) is 44.4 Å². The molecule has 1 aliphatic heterocycles. The van der Waals surface area contributed by atoms with Gasteiger partial charge in [-0.2, -0.15) is 13.2 Å². The van der Waals surface area contributed by atoms with Gasteiger partial charge in [0.1, 0.15) is 5.82 Å². The lowest BCUT2D eigenvalue weighted by atomic mass is 10.1. The van der Waals surface area contributed by atoms with E-state index < -0.39 is 17.6 Å². The molecule has 11 heteroatoms. The zero-order valence-electron chi connectivity index (χ0n) is 16.9. The normalized spacial score (nSPS) is 15.4. The lowest BCUT2D eigenvalue weighted by Crippen LogP contribution is -2.49. The number of hydrogen-bond acceptors (Lipinski definition) is 3. The van der Waals surface area contributed by atoms with Crippen LogP contribution in [-0.4, -0.2) is 49.2 Å². The minimum absolute atomic E-state index is 0. The number of carbonyl (C=O) groups excluding carboxylic acids is 1. The standard InChI is InChI=1S/C19H26F4N4O2.HI/c1-3-24-17(26-15-7-9-27(10-8-15)18(28)29-4-2)25-12-13-5-6-14(20)11-16(13)19(21,22)23;/h5-6,11,15H,3-4,7-10,12H2,1-2H3,(H2,24,25,26);1H. The summed E-state index contributed by atoms with van der Waals surface area (Å²) in [6.07, 6.45) is -3.68. The minimum atomic E-state index is -4.65. The Morgan fingerprint density at radius 2 is 1.93 bits per heavy atom. The van der Waals surface area contributed by atoms with E-state index in [9.17, 15) is 22.4 Å². The van der Waals surface area contributed by atoms with Crippen LogP contribution < -0.4 is 10.6 Å². The van der Waals surface area contributed by atoms with Crippen molar-refractivity contribution in [3.63, 3.8) is 0 Å². The van der Waals surface area contributed by atoms with Crippen LogP contribution in [0.15, 0.2) is 23.2 Å². The van der Waals surface area contributed by atoms with Gasteiger partial charge in [-0.3, -0.25) is 0 Å². The maximum Gasteiger partial charge on any atom is 0.416 e. The molecule has 0 unspecified atom stereocenters. The molecule has 0 spiro atoms. The summed E-state index contributed by atoms with van der Waals surface area (Å²) in [7, 11) is 0. The molecule has 1 aromatic rings. The highest BCUT2D eigenvalue weighted by atomic mass is 127. The van der Waals surface area contributed by atoms with E-state index in [4.69, 9.17) is 4.74 Å². The molecule has 2 N–H and O–H groups in total. The maximum atomic E-state index is 13.2. The number of guanidine groups is 1. The highest BCUT2D eigenvalue weighted by molar-refractivity contribution is 14.0. The molecule has 2 rings (SSSR count). The fraction of sp³-hybridized carbons (Fsp3) is 0.579. The van der Waals surface area contributed by atoms with Crippen LogP contribution in [0.25, 0.3) is 0 Å². The van der Waals surface area contributed by atoms with Crippen molar-refractivity contribution in [2.75, 3.05) is 26.2 Å². The van der Waals surface area contributed by atoms with Crippen molar-refractivity contribution in [2.45, 2.75) is 45.5 Å². The zero-order valence-corrected chi connectivity index (χ0v) is 19.2. The fourth-order valence-electron chi connectivity index (χ4n) is 3.05. The Kier molecular flexibility index (Phi) is 10.6. The summed E-state index contributed by atoms with van der Waals surface area (Å²) in [5.74, 6) is -0.567. The molecule has 1 aliphatic rings. The van der Waals surface area contributed by atoms with E-state index in [1.807, 2.05) is 6.92 Å². The summed E-state index contributed by atoms with van der Waals surface area (Å²) >= 11 is 0. The smallest absolute Gasteiger partial charge is 0.416 e. The first-order valence-corrected chi connectivity index (χ1v) is 9.56. The largest absolute Gasteiger partial charge is 0.450 e. The molecule has 0 aromatic heterocycles.